The summed E-state index contributed by atoms with van der Waals surface area (Å²) >= 11 is 1.92. The Labute approximate surface area is 94.5 Å². The van der Waals surface area contributed by atoms with Gasteiger partial charge in [0.15, 0.2) is 0 Å². The molecule has 1 aromatic rings. The standard InChI is InChI=1S/C12H16FNS/c1-2-5-14-12-8-15-7-9-3-4-10(13)6-11(9)12/h3-4,6,12,14H,2,5,7-8H2,1H3. The molecule has 0 saturated heterocycles. The Morgan fingerprint density at radius 2 is 2.40 bits per heavy atom. The van der Waals surface area contributed by atoms with Gasteiger partial charge in [-0.25, -0.2) is 4.39 Å². The number of thioether (sulfide) groups is 1. The average molecular weight is 225 g/mol. The number of fused-ring (bicyclic) bond motifs is 1. The lowest BCUT2D eigenvalue weighted by atomic mass is 10.0. The maximum absolute atomic E-state index is 13.2. The summed E-state index contributed by atoms with van der Waals surface area (Å²) in [5, 5.41) is 3.47. The van der Waals surface area contributed by atoms with Crippen LogP contribution in [-0.2, 0) is 5.75 Å². The maximum atomic E-state index is 13.2. The van der Waals surface area contributed by atoms with E-state index in [2.05, 4.69) is 12.2 Å². The van der Waals surface area contributed by atoms with Crippen LogP contribution in [0.4, 0.5) is 4.39 Å². The zero-order chi connectivity index (χ0) is 10.7. The van der Waals surface area contributed by atoms with Crippen LogP contribution in [-0.4, -0.2) is 12.3 Å². The first-order chi connectivity index (χ1) is 7.31. The zero-order valence-corrected chi connectivity index (χ0v) is 9.74. The molecule has 0 amide bonds. The van der Waals surface area contributed by atoms with Gasteiger partial charge in [0.05, 0.1) is 0 Å². The second-order valence-electron chi connectivity index (χ2n) is 3.86. The summed E-state index contributed by atoms with van der Waals surface area (Å²) in [6.45, 7) is 3.15. The lowest BCUT2D eigenvalue weighted by Gasteiger charge is -2.26. The first kappa shape index (κ1) is 11.0. The Balaban J connectivity index is 2.20. The van der Waals surface area contributed by atoms with Gasteiger partial charge in [-0.1, -0.05) is 13.0 Å². The van der Waals surface area contributed by atoms with Crippen molar-refractivity contribution in [2.45, 2.75) is 25.1 Å². The second-order valence-corrected chi connectivity index (χ2v) is 4.90. The third-order valence-corrected chi connectivity index (χ3v) is 3.75. The molecule has 1 aliphatic rings. The van der Waals surface area contributed by atoms with E-state index in [4.69, 9.17) is 0 Å². The normalized spacial score (nSPS) is 20.0. The van der Waals surface area contributed by atoms with Crippen molar-refractivity contribution in [2.75, 3.05) is 12.3 Å². The van der Waals surface area contributed by atoms with Gasteiger partial charge in [0, 0.05) is 17.5 Å². The van der Waals surface area contributed by atoms with Gasteiger partial charge in [-0.3, -0.25) is 0 Å². The highest BCUT2D eigenvalue weighted by molar-refractivity contribution is 7.98. The molecule has 82 valence electrons. The SMILES string of the molecule is CCCNC1CSCc2ccc(F)cc21. The van der Waals surface area contributed by atoms with Gasteiger partial charge in [-0.2, -0.15) is 11.8 Å². The Morgan fingerprint density at radius 3 is 3.20 bits per heavy atom. The summed E-state index contributed by atoms with van der Waals surface area (Å²) in [6.07, 6.45) is 1.12. The van der Waals surface area contributed by atoms with Crippen LogP contribution in [0.25, 0.3) is 0 Å². The number of nitrogens with one attached hydrogen (secondary N) is 1. The molecule has 1 atom stereocenters. The van der Waals surface area contributed by atoms with Crippen LogP contribution in [0.2, 0.25) is 0 Å². The highest BCUT2D eigenvalue weighted by Gasteiger charge is 2.19. The summed E-state index contributed by atoms with van der Waals surface area (Å²) in [5.41, 5.74) is 2.43. The minimum atomic E-state index is -0.121. The topological polar surface area (TPSA) is 12.0 Å². The molecule has 3 heteroatoms. The number of hydrogen-bond acceptors (Lipinski definition) is 2. The molecule has 1 heterocycles. The minimum absolute atomic E-state index is 0.121. The largest absolute Gasteiger partial charge is 0.309 e. The molecule has 2 rings (SSSR count). The van der Waals surface area contributed by atoms with Gasteiger partial charge in [0.1, 0.15) is 5.82 Å². The van der Waals surface area contributed by atoms with E-state index in [-0.39, 0.29) is 5.82 Å². The van der Waals surface area contributed by atoms with Gasteiger partial charge in [-0.05, 0) is 36.2 Å². The first-order valence-corrected chi connectivity index (χ1v) is 6.56. The average Bonchev–Trinajstić information content (AvgIpc) is 2.26. The van der Waals surface area contributed by atoms with Gasteiger partial charge < -0.3 is 5.32 Å². The molecule has 0 saturated carbocycles. The van der Waals surface area contributed by atoms with Crippen molar-refractivity contribution < 1.29 is 4.39 Å². The van der Waals surface area contributed by atoms with Crippen molar-refractivity contribution in [1.29, 1.82) is 0 Å². The van der Waals surface area contributed by atoms with Crippen LogP contribution >= 0.6 is 11.8 Å². The molecule has 1 unspecified atom stereocenters. The van der Waals surface area contributed by atoms with E-state index >= 15 is 0 Å². The lowest BCUT2D eigenvalue weighted by molar-refractivity contribution is 0.561. The van der Waals surface area contributed by atoms with Gasteiger partial charge in [-0.15, -0.1) is 0 Å². The third-order valence-electron chi connectivity index (χ3n) is 2.67. The van der Waals surface area contributed by atoms with Crippen LogP contribution in [0.5, 0.6) is 0 Å². The Kier molecular flexibility index (Phi) is 3.65. The molecule has 0 radical (unpaired) electrons. The van der Waals surface area contributed by atoms with E-state index in [9.17, 15) is 4.39 Å². The summed E-state index contributed by atoms with van der Waals surface area (Å²) in [6, 6.07) is 5.48. The predicted molar refractivity (Wildman–Crippen MR) is 63.6 cm³/mol. The van der Waals surface area contributed by atoms with Crippen LogP contribution in [0, 0.1) is 5.82 Å². The Hall–Kier alpha value is -0.540. The molecule has 1 nitrogen and oxygen atoms in total. The van der Waals surface area contributed by atoms with Crippen LogP contribution in [0.1, 0.15) is 30.5 Å². The van der Waals surface area contributed by atoms with Crippen LogP contribution in [0.3, 0.4) is 0 Å². The molecule has 0 aromatic heterocycles. The van der Waals surface area contributed by atoms with E-state index in [0.717, 1.165) is 30.0 Å². The molecular formula is C12H16FNS. The fourth-order valence-corrected chi connectivity index (χ4v) is 3.02. The number of halogens is 1. The van der Waals surface area contributed by atoms with Gasteiger partial charge >= 0.3 is 0 Å². The summed E-state index contributed by atoms with van der Waals surface area (Å²) < 4.78 is 13.2. The maximum Gasteiger partial charge on any atom is 0.123 e. The fourth-order valence-electron chi connectivity index (χ4n) is 1.89. The Bertz CT molecular complexity index is 340. The number of hydrogen-bond donors (Lipinski definition) is 1. The van der Waals surface area contributed by atoms with E-state index in [1.54, 1.807) is 12.1 Å². The van der Waals surface area contributed by atoms with E-state index < -0.39 is 0 Å². The predicted octanol–water partition coefficient (Wildman–Crippen LogP) is 3.11. The number of benzene rings is 1. The third kappa shape index (κ3) is 2.52. The molecule has 1 N–H and O–H groups in total. The van der Waals surface area contributed by atoms with Crippen molar-refractivity contribution in [3.05, 3.63) is 35.1 Å². The molecule has 0 spiro atoms. The minimum Gasteiger partial charge on any atom is -0.309 e. The summed E-state index contributed by atoms with van der Waals surface area (Å²) in [7, 11) is 0. The van der Waals surface area contributed by atoms with E-state index in [0.29, 0.717) is 6.04 Å². The molecule has 0 fully saturated rings. The summed E-state index contributed by atoms with van der Waals surface area (Å²) in [4.78, 5) is 0. The van der Waals surface area contributed by atoms with Crippen molar-refractivity contribution in [3.63, 3.8) is 0 Å². The van der Waals surface area contributed by atoms with Crippen molar-refractivity contribution in [3.8, 4) is 0 Å². The molecule has 0 aliphatic carbocycles. The molecular weight excluding hydrogens is 209 g/mol. The monoisotopic (exact) mass is 225 g/mol. The molecule has 1 aromatic carbocycles. The summed E-state index contributed by atoms with van der Waals surface area (Å²) in [5.74, 6) is 1.94. The van der Waals surface area contributed by atoms with Crippen molar-refractivity contribution in [2.24, 2.45) is 0 Å². The van der Waals surface area contributed by atoms with Crippen molar-refractivity contribution >= 4 is 11.8 Å². The van der Waals surface area contributed by atoms with E-state index in [1.165, 1.54) is 5.56 Å². The molecule has 0 bridgehead atoms. The zero-order valence-electron chi connectivity index (χ0n) is 8.92. The first-order valence-electron chi connectivity index (χ1n) is 5.40. The smallest absolute Gasteiger partial charge is 0.123 e. The number of rotatable bonds is 3. The Morgan fingerprint density at radius 1 is 1.53 bits per heavy atom. The van der Waals surface area contributed by atoms with Gasteiger partial charge in [0.25, 0.3) is 0 Å². The second kappa shape index (κ2) is 4.99. The van der Waals surface area contributed by atoms with Crippen LogP contribution < -0.4 is 5.32 Å². The molecule has 1 aliphatic heterocycles. The highest BCUT2D eigenvalue weighted by Crippen LogP contribution is 2.31. The lowest BCUT2D eigenvalue weighted by Crippen LogP contribution is -2.27. The quantitative estimate of drug-likeness (QED) is 0.848. The van der Waals surface area contributed by atoms with E-state index in [1.807, 2.05) is 17.8 Å². The fraction of sp³-hybridized carbons (Fsp3) is 0.500. The highest BCUT2D eigenvalue weighted by atomic mass is 32.2. The van der Waals surface area contributed by atoms with Gasteiger partial charge in [0.2, 0.25) is 0 Å². The molecule has 15 heavy (non-hydrogen) atoms. The van der Waals surface area contributed by atoms with Crippen LogP contribution in [0.15, 0.2) is 18.2 Å². The van der Waals surface area contributed by atoms with Crippen molar-refractivity contribution in [1.82, 2.24) is 5.32 Å².